The van der Waals surface area contributed by atoms with Gasteiger partial charge in [-0.25, -0.2) is 9.97 Å². The zero-order valence-electron chi connectivity index (χ0n) is 15.8. The second kappa shape index (κ2) is 9.37. The van der Waals surface area contributed by atoms with Gasteiger partial charge in [0.1, 0.15) is 17.9 Å². The van der Waals surface area contributed by atoms with Gasteiger partial charge in [-0.3, -0.25) is 4.98 Å². The van der Waals surface area contributed by atoms with E-state index in [0.29, 0.717) is 5.92 Å². The maximum Gasteiger partial charge on any atom is 0.129 e. The van der Waals surface area contributed by atoms with Gasteiger partial charge in [-0.15, -0.1) is 0 Å². The van der Waals surface area contributed by atoms with E-state index in [4.69, 9.17) is 4.74 Å². The Morgan fingerprint density at radius 2 is 1.96 bits per heavy atom. The monoisotopic (exact) mass is 380 g/mol. The van der Waals surface area contributed by atoms with Crippen molar-refractivity contribution in [2.45, 2.75) is 12.8 Å². The van der Waals surface area contributed by atoms with Crippen LogP contribution in [0.4, 0.5) is 5.82 Å². The first-order valence-electron chi connectivity index (χ1n) is 8.82. The molecular weight excluding hydrogens is 356 g/mol. The van der Waals surface area contributed by atoms with Gasteiger partial charge in [0, 0.05) is 41.7 Å². The highest BCUT2D eigenvalue weighted by molar-refractivity contribution is 7.98. The summed E-state index contributed by atoms with van der Waals surface area (Å²) in [6, 6.07) is 14.2. The first kappa shape index (κ1) is 19.2. The average molecular weight is 381 g/mol. The standard InChI is InChI=1S/C21H24N4OS/c1-15-8-9-16(11-22-15)19-10-21(25-14-24-19)23-12-17(13-27-3)18-6-4-5-7-20(18)26-2/h4-11,14,17H,12-13H2,1-3H3,(H,23,24,25). The lowest BCUT2D eigenvalue weighted by atomic mass is 10.00. The molecule has 140 valence electrons. The van der Waals surface area contributed by atoms with Gasteiger partial charge >= 0.3 is 0 Å². The molecule has 0 bridgehead atoms. The summed E-state index contributed by atoms with van der Waals surface area (Å²) in [5.74, 6) is 3.04. The lowest BCUT2D eigenvalue weighted by Gasteiger charge is -2.20. The van der Waals surface area contributed by atoms with Crippen LogP contribution in [0.2, 0.25) is 0 Å². The number of rotatable bonds is 8. The minimum absolute atomic E-state index is 0.315. The number of para-hydroxylation sites is 1. The Balaban J connectivity index is 1.76. The van der Waals surface area contributed by atoms with Crippen LogP contribution in [-0.4, -0.2) is 40.6 Å². The normalized spacial score (nSPS) is 11.8. The molecule has 0 amide bonds. The van der Waals surface area contributed by atoms with Gasteiger partial charge in [-0.1, -0.05) is 18.2 Å². The Morgan fingerprint density at radius 1 is 1.11 bits per heavy atom. The maximum atomic E-state index is 5.54. The molecule has 0 aliphatic rings. The molecule has 1 N–H and O–H groups in total. The van der Waals surface area contributed by atoms with Crippen molar-refractivity contribution in [1.29, 1.82) is 0 Å². The van der Waals surface area contributed by atoms with Crippen LogP contribution < -0.4 is 10.1 Å². The number of pyridine rings is 1. The molecule has 1 atom stereocenters. The van der Waals surface area contributed by atoms with E-state index in [1.165, 1.54) is 5.56 Å². The van der Waals surface area contributed by atoms with Gasteiger partial charge in [0.05, 0.1) is 12.8 Å². The van der Waals surface area contributed by atoms with Crippen LogP contribution in [-0.2, 0) is 0 Å². The number of benzene rings is 1. The molecule has 1 unspecified atom stereocenters. The lowest BCUT2D eigenvalue weighted by Crippen LogP contribution is -2.16. The molecule has 3 rings (SSSR count). The van der Waals surface area contributed by atoms with Gasteiger partial charge in [-0.2, -0.15) is 11.8 Å². The SMILES string of the molecule is COc1ccccc1C(CNc1cc(-c2ccc(C)nc2)ncn1)CSC. The summed E-state index contributed by atoms with van der Waals surface area (Å²) in [5, 5.41) is 3.46. The smallest absolute Gasteiger partial charge is 0.129 e. The number of ether oxygens (including phenoxy) is 1. The number of aryl methyl sites for hydroxylation is 1. The van der Waals surface area contributed by atoms with Crippen molar-refractivity contribution < 1.29 is 4.74 Å². The van der Waals surface area contributed by atoms with Crippen LogP contribution in [0.25, 0.3) is 11.3 Å². The highest BCUT2D eigenvalue weighted by atomic mass is 32.2. The van der Waals surface area contributed by atoms with E-state index in [1.54, 1.807) is 13.4 Å². The summed E-state index contributed by atoms with van der Waals surface area (Å²) in [5.41, 5.74) is 4.04. The molecule has 1 aromatic carbocycles. The van der Waals surface area contributed by atoms with Crippen molar-refractivity contribution in [2.75, 3.05) is 31.0 Å². The quantitative estimate of drug-likeness (QED) is 0.624. The van der Waals surface area contributed by atoms with Gasteiger partial charge in [-0.05, 0) is 36.9 Å². The number of nitrogens with one attached hydrogen (secondary N) is 1. The van der Waals surface area contributed by atoms with E-state index in [2.05, 4.69) is 38.7 Å². The number of hydrogen-bond donors (Lipinski definition) is 1. The van der Waals surface area contributed by atoms with Gasteiger partial charge < -0.3 is 10.1 Å². The van der Waals surface area contributed by atoms with E-state index in [9.17, 15) is 0 Å². The van der Waals surface area contributed by atoms with Gasteiger partial charge in [0.25, 0.3) is 0 Å². The second-order valence-corrected chi connectivity index (χ2v) is 7.16. The Hall–Kier alpha value is -2.60. The molecule has 6 heteroatoms. The van der Waals surface area contributed by atoms with Crippen LogP contribution in [0.15, 0.2) is 55.0 Å². The predicted octanol–water partition coefficient (Wildman–Crippen LogP) is 4.41. The van der Waals surface area contributed by atoms with E-state index >= 15 is 0 Å². The molecule has 0 aliphatic carbocycles. The van der Waals surface area contributed by atoms with Crippen molar-refractivity contribution >= 4 is 17.6 Å². The molecule has 0 radical (unpaired) electrons. The summed E-state index contributed by atoms with van der Waals surface area (Å²) in [6.45, 7) is 2.74. The minimum atomic E-state index is 0.315. The van der Waals surface area contributed by atoms with Crippen molar-refractivity contribution in [3.8, 4) is 17.0 Å². The number of nitrogens with zero attached hydrogens (tertiary/aromatic N) is 3. The molecule has 27 heavy (non-hydrogen) atoms. The third-order valence-corrected chi connectivity index (χ3v) is 5.09. The maximum absolute atomic E-state index is 5.54. The fourth-order valence-electron chi connectivity index (χ4n) is 2.92. The Labute approximate surface area is 164 Å². The zero-order valence-corrected chi connectivity index (χ0v) is 16.7. The number of anilines is 1. The number of thioether (sulfide) groups is 1. The first-order chi connectivity index (χ1) is 13.2. The highest BCUT2D eigenvalue weighted by Gasteiger charge is 2.16. The summed E-state index contributed by atoms with van der Waals surface area (Å²) in [7, 11) is 1.72. The fraction of sp³-hybridized carbons (Fsp3) is 0.286. The first-order valence-corrected chi connectivity index (χ1v) is 10.2. The summed E-state index contributed by atoms with van der Waals surface area (Å²) < 4.78 is 5.54. The predicted molar refractivity (Wildman–Crippen MR) is 113 cm³/mol. The van der Waals surface area contributed by atoms with Crippen molar-refractivity contribution in [1.82, 2.24) is 15.0 Å². The minimum Gasteiger partial charge on any atom is -0.496 e. The molecular formula is C21H24N4OS. The molecule has 2 aromatic heterocycles. The van der Waals surface area contributed by atoms with E-state index in [1.807, 2.05) is 55.2 Å². The molecule has 2 heterocycles. The van der Waals surface area contributed by atoms with Gasteiger partial charge in [0.2, 0.25) is 0 Å². The van der Waals surface area contributed by atoms with E-state index in [-0.39, 0.29) is 0 Å². The molecule has 0 aliphatic heterocycles. The molecule has 0 saturated heterocycles. The number of aromatic nitrogens is 3. The molecule has 5 nitrogen and oxygen atoms in total. The summed E-state index contributed by atoms with van der Waals surface area (Å²) in [6.07, 6.45) is 5.55. The average Bonchev–Trinajstić information content (AvgIpc) is 2.72. The Kier molecular flexibility index (Phi) is 6.65. The van der Waals surface area contributed by atoms with Crippen molar-refractivity contribution in [3.05, 3.63) is 66.2 Å². The molecule has 0 fully saturated rings. The van der Waals surface area contributed by atoms with Crippen LogP contribution in [0.3, 0.4) is 0 Å². The van der Waals surface area contributed by atoms with Crippen LogP contribution in [0, 0.1) is 6.92 Å². The lowest BCUT2D eigenvalue weighted by molar-refractivity contribution is 0.407. The van der Waals surface area contributed by atoms with Crippen LogP contribution >= 0.6 is 11.8 Å². The van der Waals surface area contributed by atoms with E-state index in [0.717, 1.165) is 40.8 Å². The Morgan fingerprint density at radius 3 is 2.70 bits per heavy atom. The third kappa shape index (κ3) is 4.98. The second-order valence-electron chi connectivity index (χ2n) is 6.25. The third-order valence-electron chi connectivity index (χ3n) is 4.35. The Bertz CT molecular complexity index is 870. The number of hydrogen-bond acceptors (Lipinski definition) is 6. The fourth-order valence-corrected chi connectivity index (χ4v) is 3.62. The van der Waals surface area contributed by atoms with Crippen molar-refractivity contribution in [2.24, 2.45) is 0 Å². The zero-order chi connectivity index (χ0) is 19.1. The topological polar surface area (TPSA) is 59.9 Å². The van der Waals surface area contributed by atoms with Crippen molar-refractivity contribution in [3.63, 3.8) is 0 Å². The van der Waals surface area contributed by atoms with E-state index < -0.39 is 0 Å². The number of methoxy groups -OCH3 is 1. The van der Waals surface area contributed by atoms with Crippen LogP contribution in [0.5, 0.6) is 5.75 Å². The largest absolute Gasteiger partial charge is 0.496 e. The molecule has 3 aromatic rings. The van der Waals surface area contributed by atoms with Gasteiger partial charge in [0.15, 0.2) is 0 Å². The molecule has 0 spiro atoms. The molecule has 0 saturated carbocycles. The van der Waals surface area contributed by atoms with Crippen LogP contribution in [0.1, 0.15) is 17.2 Å². The highest BCUT2D eigenvalue weighted by Crippen LogP contribution is 2.29. The summed E-state index contributed by atoms with van der Waals surface area (Å²) in [4.78, 5) is 13.1. The summed E-state index contributed by atoms with van der Waals surface area (Å²) >= 11 is 1.82.